The van der Waals surface area contributed by atoms with Gasteiger partial charge in [-0.3, -0.25) is 14.5 Å². The molecule has 0 aromatic heterocycles. The Morgan fingerprint density at radius 3 is 2.65 bits per heavy atom. The van der Waals surface area contributed by atoms with E-state index in [0.29, 0.717) is 29.7 Å². The fraction of sp³-hybridized carbons (Fsp3) is 0.300. The van der Waals surface area contributed by atoms with Crippen molar-refractivity contribution in [2.24, 2.45) is 10.1 Å². The number of unbranched alkanes of at least 4 members (excludes halogenated alkanes) is 1. The number of anilines is 1. The SMILES string of the molecule is CCCCC(N=C1NS(=O)(=O)c2ccccc21)C(=O)Nc1cccc(CS(N)(=O)=O)c1. The molecular weight excluding hydrogens is 440 g/mol. The minimum absolute atomic E-state index is 0.124. The first-order chi connectivity index (χ1) is 14.6. The predicted octanol–water partition coefficient (Wildman–Crippen LogP) is 1.71. The van der Waals surface area contributed by atoms with E-state index in [1.807, 2.05) is 6.92 Å². The Kier molecular flexibility index (Phi) is 6.77. The minimum Gasteiger partial charge on any atom is -0.324 e. The number of hydrogen-bond acceptors (Lipinski definition) is 6. The molecule has 1 atom stereocenters. The van der Waals surface area contributed by atoms with E-state index in [2.05, 4.69) is 15.0 Å². The maximum atomic E-state index is 12.9. The van der Waals surface area contributed by atoms with Gasteiger partial charge in [-0.2, -0.15) is 0 Å². The average Bonchev–Trinajstić information content (AvgIpc) is 2.94. The summed E-state index contributed by atoms with van der Waals surface area (Å²) in [6.45, 7) is 1.98. The highest BCUT2D eigenvalue weighted by Crippen LogP contribution is 2.23. The van der Waals surface area contributed by atoms with Crippen LogP contribution in [0.25, 0.3) is 0 Å². The quantitative estimate of drug-likeness (QED) is 0.544. The first kappa shape index (κ1) is 22.9. The summed E-state index contributed by atoms with van der Waals surface area (Å²) in [6.07, 6.45) is 1.97. The number of amidine groups is 1. The number of hydrogen-bond donors (Lipinski definition) is 3. The molecule has 11 heteroatoms. The third-order valence-electron chi connectivity index (χ3n) is 4.64. The zero-order chi connectivity index (χ0) is 22.6. The number of nitrogens with zero attached hydrogens (tertiary/aromatic N) is 1. The largest absolute Gasteiger partial charge is 0.324 e. The van der Waals surface area contributed by atoms with Crippen LogP contribution in [0.4, 0.5) is 5.69 Å². The highest BCUT2D eigenvalue weighted by atomic mass is 32.2. The number of carbonyl (C=O) groups is 1. The van der Waals surface area contributed by atoms with Gasteiger partial charge < -0.3 is 5.32 Å². The highest BCUT2D eigenvalue weighted by molar-refractivity contribution is 7.90. The summed E-state index contributed by atoms with van der Waals surface area (Å²) >= 11 is 0. The molecular formula is C20H24N4O5S2. The van der Waals surface area contributed by atoms with Crippen molar-refractivity contribution in [3.05, 3.63) is 59.7 Å². The first-order valence-electron chi connectivity index (χ1n) is 9.69. The van der Waals surface area contributed by atoms with Crippen LogP contribution in [0.15, 0.2) is 58.4 Å². The average molecular weight is 465 g/mol. The molecule has 1 heterocycles. The summed E-state index contributed by atoms with van der Waals surface area (Å²) in [5.74, 6) is -0.635. The molecule has 1 aliphatic rings. The zero-order valence-electron chi connectivity index (χ0n) is 16.9. The van der Waals surface area contributed by atoms with E-state index in [-0.39, 0.29) is 16.5 Å². The number of benzene rings is 2. The van der Waals surface area contributed by atoms with E-state index in [4.69, 9.17) is 5.14 Å². The van der Waals surface area contributed by atoms with Gasteiger partial charge in [-0.25, -0.2) is 22.0 Å². The molecule has 2 aromatic rings. The monoisotopic (exact) mass is 464 g/mol. The van der Waals surface area contributed by atoms with Crippen molar-refractivity contribution in [3.63, 3.8) is 0 Å². The van der Waals surface area contributed by atoms with Gasteiger partial charge in [0.25, 0.3) is 10.0 Å². The third kappa shape index (κ3) is 5.90. The Hall–Kier alpha value is -2.76. The van der Waals surface area contributed by atoms with Crippen LogP contribution >= 0.6 is 0 Å². The van der Waals surface area contributed by atoms with Crippen molar-refractivity contribution in [1.29, 1.82) is 0 Å². The Morgan fingerprint density at radius 1 is 1.19 bits per heavy atom. The normalized spacial score (nSPS) is 17.0. The van der Waals surface area contributed by atoms with Crippen molar-refractivity contribution < 1.29 is 21.6 Å². The number of primary sulfonamides is 1. The van der Waals surface area contributed by atoms with Gasteiger partial charge in [0.15, 0.2) is 0 Å². The molecule has 1 amide bonds. The standard InChI is InChI=1S/C20H24N4O5S2/c1-2-3-10-17(23-19-16-9-4-5-11-18(16)31(28,29)24-19)20(25)22-15-8-6-7-14(12-15)13-30(21,26)27/h4-9,11-12,17H,2-3,10,13H2,1H3,(H,22,25)(H,23,24)(H2,21,26,27). The summed E-state index contributed by atoms with van der Waals surface area (Å²) in [7, 11) is -7.42. The van der Waals surface area contributed by atoms with Gasteiger partial charge in [0.05, 0.1) is 10.6 Å². The lowest BCUT2D eigenvalue weighted by Gasteiger charge is -2.14. The van der Waals surface area contributed by atoms with Crippen LogP contribution in [0.5, 0.6) is 0 Å². The van der Waals surface area contributed by atoms with Gasteiger partial charge in [-0.15, -0.1) is 0 Å². The van der Waals surface area contributed by atoms with Gasteiger partial charge in [0.2, 0.25) is 15.9 Å². The Labute approximate surface area is 181 Å². The second-order valence-electron chi connectivity index (χ2n) is 7.23. The van der Waals surface area contributed by atoms with Crippen LogP contribution in [-0.2, 0) is 30.6 Å². The number of rotatable bonds is 8. The Bertz CT molecular complexity index is 1220. The molecule has 0 aliphatic carbocycles. The smallest absolute Gasteiger partial charge is 0.263 e. The van der Waals surface area contributed by atoms with Crippen molar-refractivity contribution in [3.8, 4) is 0 Å². The number of nitrogens with two attached hydrogens (primary N) is 1. The lowest BCUT2D eigenvalue weighted by Crippen LogP contribution is -2.30. The second-order valence-corrected chi connectivity index (χ2v) is 10.5. The number of fused-ring (bicyclic) bond motifs is 1. The summed E-state index contributed by atoms with van der Waals surface area (Å²) in [5, 5.41) is 7.82. The molecule has 4 N–H and O–H groups in total. The molecule has 0 saturated carbocycles. The number of sulfonamides is 2. The van der Waals surface area contributed by atoms with Crippen LogP contribution < -0.4 is 15.2 Å². The molecule has 9 nitrogen and oxygen atoms in total. The molecule has 0 radical (unpaired) electrons. The molecule has 0 spiro atoms. The Balaban J connectivity index is 1.86. The highest BCUT2D eigenvalue weighted by Gasteiger charge is 2.31. The maximum Gasteiger partial charge on any atom is 0.263 e. The molecule has 2 aromatic carbocycles. The fourth-order valence-corrected chi connectivity index (χ4v) is 5.12. The molecule has 0 fully saturated rings. The van der Waals surface area contributed by atoms with Crippen LogP contribution in [0.2, 0.25) is 0 Å². The molecule has 166 valence electrons. The summed E-state index contributed by atoms with van der Waals surface area (Å²) in [4.78, 5) is 17.5. The van der Waals surface area contributed by atoms with Gasteiger partial charge in [-0.1, -0.05) is 44.0 Å². The van der Waals surface area contributed by atoms with E-state index in [9.17, 15) is 21.6 Å². The first-order valence-corrected chi connectivity index (χ1v) is 12.9. The molecule has 1 unspecified atom stereocenters. The van der Waals surface area contributed by atoms with E-state index in [0.717, 1.165) is 6.42 Å². The molecule has 1 aliphatic heterocycles. The summed E-state index contributed by atoms with van der Waals surface area (Å²) in [6, 6.07) is 12.0. The predicted molar refractivity (Wildman–Crippen MR) is 118 cm³/mol. The minimum atomic E-state index is -3.71. The molecule has 0 bridgehead atoms. The number of carbonyl (C=O) groups excluding carboxylic acids is 1. The number of aliphatic imine (C=N–C) groups is 1. The fourth-order valence-electron chi connectivity index (χ4n) is 3.23. The number of amides is 1. The van der Waals surface area contributed by atoms with Crippen LogP contribution in [0, 0.1) is 0 Å². The molecule has 31 heavy (non-hydrogen) atoms. The molecule has 0 saturated heterocycles. The van der Waals surface area contributed by atoms with Gasteiger partial charge >= 0.3 is 0 Å². The van der Waals surface area contributed by atoms with E-state index >= 15 is 0 Å². The van der Waals surface area contributed by atoms with Gasteiger partial charge in [0, 0.05) is 11.3 Å². The third-order valence-corrected chi connectivity index (χ3v) is 6.78. The molecule has 3 rings (SSSR count). The summed E-state index contributed by atoms with van der Waals surface area (Å²) in [5.41, 5.74) is 1.27. The van der Waals surface area contributed by atoms with E-state index < -0.39 is 32.0 Å². The Morgan fingerprint density at radius 2 is 1.94 bits per heavy atom. The topological polar surface area (TPSA) is 148 Å². The van der Waals surface area contributed by atoms with Crippen LogP contribution in [0.1, 0.15) is 37.3 Å². The van der Waals surface area contributed by atoms with Crippen LogP contribution in [0.3, 0.4) is 0 Å². The number of nitrogens with one attached hydrogen (secondary N) is 2. The lowest BCUT2D eigenvalue weighted by molar-refractivity contribution is -0.117. The van der Waals surface area contributed by atoms with E-state index in [1.54, 1.807) is 36.4 Å². The van der Waals surface area contributed by atoms with Crippen molar-refractivity contribution in [2.75, 3.05) is 5.32 Å². The van der Waals surface area contributed by atoms with E-state index in [1.165, 1.54) is 12.1 Å². The van der Waals surface area contributed by atoms with Gasteiger partial charge in [-0.05, 0) is 36.2 Å². The van der Waals surface area contributed by atoms with Crippen molar-refractivity contribution in [2.45, 2.75) is 42.9 Å². The van der Waals surface area contributed by atoms with Crippen molar-refractivity contribution in [1.82, 2.24) is 4.72 Å². The zero-order valence-corrected chi connectivity index (χ0v) is 18.5. The van der Waals surface area contributed by atoms with Crippen LogP contribution in [-0.4, -0.2) is 34.6 Å². The lowest BCUT2D eigenvalue weighted by atomic mass is 10.1. The van der Waals surface area contributed by atoms with Gasteiger partial charge in [0.1, 0.15) is 11.9 Å². The van der Waals surface area contributed by atoms with Crippen molar-refractivity contribution >= 4 is 37.5 Å². The maximum absolute atomic E-state index is 12.9. The second kappa shape index (κ2) is 9.16. The summed E-state index contributed by atoms with van der Waals surface area (Å²) < 4.78 is 49.7.